The highest BCUT2D eigenvalue weighted by Gasteiger charge is 2.22. The summed E-state index contributed by atoms with van der Waals surface area (Å²) in [5.41, 5.74) is 0. The van der Waals surface area contributed by atoms with E-state index in [1.54, 1.807) is 12.1 Å². The summed E-state index contributed by atoms with van der Waals surface area (Å²) in [5.74, 6) is 0.382. The van der Waals surface area contributed by atoms with Crippen LogP contribution in [0.1, 0.15) is 31.0 Å². The molecule has 1 fully saturated rings. The third-order valence-corrected chi connectivity index (χ3v) is 4.85. The molecule has 1 aliphatic heterocycles. The Balaban J connectivity index is 1.46. The molecule has 1 saturated heterocycles. The number of aromatic nitrogens is 2. The quantitative estimate of drug-likeness (QED) is 0.731. The molecule has 1 aliphatic rings. The summed E-state index contributed by atoms with van der Waals surface area (Å²) in [7, 11) is 1.86. The molecule has 8 nitrogen and oxygen atoms in total. The Bertz CT molecular complexity index is 768. The van der Waals surface area contributed by atoms with Crippen molar-refractivity contribution < 1.29 is 23.6 Å². The average molecular weight is 392 g/mol. The summed E-state index contributed by atoms with van der Waals surface area (Å²) < 4.78 is 23.7. The minimum Gasteiger partial charge on any atom is -0.485 e. The van der Waals surface area contributed by atoms with Gasteiger partial charge in [0.05, 0.1) is 13.1 Å². The van der Waals surface area contributed by atoms with Crippen LogP contribution in [-0.4, -0.2) is 63.7 Å². The molecule has 3 rings (SSSR count). The second kappa shape index (κ2) is 9.61. The predicted molar refractivity (Wildman–Crippen MR) is 98.2 cm³/mol. The number of aliphatic carboxylic acids is 1. The van der Waals surface area contributed by atoms with Gasteiger partial charge in [-0.25, -0.2) is 4.39 Å². The molecule has 28 heavy (non-hydrogen) atoms. The summed E-state index contributed by atoms with van der Waals surface area (Å²) in [6, 6.07) is 6.02. The van der Waals surface area contributed by atoms with Crippen LogP contribution in [0.25, 0.3) is 0 Å². The van der Waals surface area contributed by atoms with Crippen LogP contribution in [0.2, 0.25) is 0 Å². The minimum atomic E-state index is -0.801. The van der Waals surface area contributed by atoms with Gasteiger partial charge in [-0.1, -0.05) is 5.16 Å². The van der Waals surface area contributed by atoms with Gasteiger partial charge in [0.2, 0.25) is 11.7 Å². The zero-order valence-electron chi connectivity index (χ0n) is 15.9. The molecule has 0 aliphatic carbocycles. The van der Waals surface area contributed by atoms with Crippen LogP contribution in [0.4, 0.5) is 4.39 Å². The van der Waals surface area contributed by atoms with Crippen LogP contribution in [0.3, 0.4) is 0 Å². The Hall–Kier alpha value is -2.52. The standard InChI is InChI=1S/C19H25FN4O4/c1-23(12-19(25)26)15-3-2-9-24(10-8-15)11-18-21-17(22-28-18)13-27-16-6-4-14(20)5-7-16/h4-7,15H,2-3,8-13H2,1H3,(H,25,26). The van der Waals surface area contributed by atoms with E-state index in [2.05, 4.69) is 15.0 Å². The number of carboxylic acids is 1. The largest absolute Gasteiger partial charge is 0.485 e. The number of likely N-dealkylation sites (N-methyl/N-ethyl adjacent to an activating group) is 1. The maximum atomic E-state index is 12.9. The maximum Gasteiger partial charge on any atom is 0.317 e. The van der Waals surface area contributed by atoms with Gasteiger partial charge in [-0.2, -0.15) is 4.98 Å². The molecule has 0 amide bonds. The fraction of sp³-hybridized carbons (Fsp3) is 0.526. The van der Waals surface area contributed by atoms with Crippen LogP contribution in [0, 0.1) is 5.82 Å². The van der Waals surface area contributed by atoms with E-state index < -0.39 is 5.97 Å². The van der Waals surface area contributed by atoms with Gasteiger partial charge in [0.25, 0.3) is 0 Å². The SMILES string of the molecule is CN(CC(=O)O)C1CCCN(Cc2nc(COc3ccc(F)cc3)no2)CC1. The molecule has 2 heterocycles. The summed E-state index contributed by atoms with van der Waals surface area (Å²) in [6.45, 7) is 2.52. The number of benzene rings is 1. The Morgan fingerprint density at radius 2 is 2.14 bits per heavy atom. The third-order valence-electron chi connectivity index (χ3n) is 4.85. The number of nitrogens with zero attached hydrogens (tertiary/aromatic N) is 4. The number of hydrogen-bond donors (Lipinski definition) is 1. The zero-order chi connectivity index (χ0) is 19.9. The van der Waals surface area contributed by atoms with Crippen LogP contribution in [0.5, 0.6) is 5.75 Å². The fourth-order valence-electron chi connectivity index (χ4n) is 3.36. The van der Waals surface area contributed by atoms with E-state index in [0.29, 0.717) is 24.0 Å². The Labute approximate surface area is 162 Å². The number of rotatable bonds is 8. The highest BCUT2D eigenvalue weighted by atomic mass is 19.1. The number of likely N-dealkylation sites (tertiary alicyclic amines) is 1. The third kappa shape index (κ3) is 6.00. The predicted octanol–water partition coefficient (Wildman–Crippen LogP) is 2.16. The zero-order valence-corrected chi connectivity index (χ0v) is 15.9. The molecule has 0 radical (unpaired) electrons. The first-order valence-corrected chi connectivity index (χ1v) is 9.34. The number of carboxylic acid groups (broad SMARTS) is 1. The summed E-state index contributed by atoms with van der Waals surface area (Å²) in [5, 5.41) is 12.9. The molecule has 1 N–H and O–H groups in total. The highest BCUT2D eigenvalue weighted by Crippen LogP contribution is 2.18. The van der Waals surface area contributed by atoms with Crippen LogP contribution >= 0.6 is 0 Å². The monoisotopic (exact) mass is 392 g/mol. The van der Waals surface area contributed by atoms with Crippen LogP contribution in [-0.2, 0) is 17.9 Å². The van der Waals surface area contributed by atoms with Crippen molar-refractivity contribution in [2.24, 2.45) is 0 Å². The first-order valence-electron chi connectivity index (χ1n) is 9.34. The van der Waals surface area contributed by atoms with Crippen molar-refractivity contribution in [1.82, 2.24) is 19.9 Å². The van der Waals surface area contributed by atoms with E-state index in [1.807, 2.05) is 11.9 Å². The topological polar surface area (TPSA) is 91.9 Å². The molecule has 1 unspecified atom stereocenters. The lowest BCUT2D eigenvalue weighted by Crippen LogP contribution is -2.36. The van der Waals surface area contributed by atoms with Gasteiger partial charge in [0.1, 0.15) is 11.6 Å². The Morgan fingerprint density at radius 1 is 1.36 bits per heavy atom. The molecule has 0 bridgehead atoms. The van der Waals surface area contributed by atoms with Crippen molar-refractivity contribution in [3.63, 3.8) is 0 Å². The number of halogens is 1. The second-order valence-electron chi connectivity index (χ2n) is 7.02. The van der Waals surface area contributed by atoms with Gasteiger partial charge < -0.3 is 14.4 Å². The Morgan fingerprint density at radius 3 is 2.89 bits per heavy atom. The molecule has 0 saturated carbocycles. The van der Waals surface area contributed by atoms with Crippen LogP contribution in [0.15, 0.2) is 28.8 Å². The number of hydrogen-bond acceptors (Lipinski definition) is 7. The second-order valence-corrected chi connectivity index (χ2v) is 7.02. The minimum absolute atomic E-state index is 0.0613. The molecule has 2 aromatic rings. The van der Waals surface area contributed by atoms with Crippen molar-refractivity contribution in [3.05, 3.63) is 41.8 Å². The lowest BCUT2D eigenvalue weighted by molar-refractivity contribution is -0.138. The van der Waals surface area contributed by atoms with Gasteiger partial charge in [0, 0.05) is 12.6 Å². The van der Waals surface area contributed by atoms with E-state index in [4.69, 9.17) is 14.4 Å². The van der Waals surface area contributed by atoms with Crippen molar-refractivity contribution in [1.29, 1.82) is 0 Å². The lowest BCUT2D eigenvalue weighted by Gasteiger charge is -2.25. The van der Waals surface area contributed by atoms with E-state index in [0.717, 1.165) is 32.4 Å². The summed E-state index contributed by atoms with van der Waals surface area (Å²) in [6.07, 6.45) is 2.86. The van der Waals surface area contributed by atoms with Gasteiger partial charge >= 0.3 is 5.97 Å². The summed E-state index contributed by atoms with van der Waals surface area (Å²) >= 11 is 0. The van der Waals surface area contributed by atoms with Gasteiger partial charge in [-0.05, 0) is 57.1 Å². The van der Waals surface area contributed by atoms with Gasteiger partial charge in [0.15, 0.2) is 6.61 Å². The molecule has 1 aromatic heterocycles. The van der Waals surface area contributed by atoms with Crippen molar-refractivity contribution in [3.8, 4) is 5.75 Å². The van der Waals surface area contributed by atoms with Crippen molar-refractivity contribution in [2.75, 3.05) is 26.7 Å². The normalized spacial score (nSPS) is 18.2. The number of ether oxygens (including phenoxy) is 1. The molecule has 1 atom stereocenters. The molecule has 1 aromatic carbocycles. The van der Waals surface area contributed by atoms with Crippen LogP contribution < -0.4 is 4.74 Å². The fourth-order valence-corrected chi connectivity index (χ4v) is 3.36. The highest BCUT2D eigenvalue weighted by molar-refractivity contribution is 5.69. The molecule has 152 valence electrons. The molecular weight excluding hydrogens is 367 g/mol. The van der Waals surface area contributed by atoms with E-state index in [1.165, 1.54) is 12.1 Å². The molecular formula is C19H25FN4O4. The average Bonchev–Trinajstić information content (AvgIpc) is 2.96. The molecule has 9 heteroatoms. The first-order chi connectivity index (χ1) is 13.5. The molecule has 0 spiro atoms. The first kappa shape index (κ1) is 20.2. The Kier molecular flexibility index (Phi) is 6.94. The smallest absolute Gasteiger partial charge is 0.317 e. The van der Waals surface area contributed by atoms with Gasteiger partial charge in [-0.15, -0.1) is 0 Å². The van der Waals surface area contributed by atoms with E-state index in [-0.39, 0.29) is 25.0 Å². The summed E-state index contributed by atoms with van der Waals surface area (Å²) in [4.78, 5) is 19.4. The van der Waals surface area contributed by atoms with Crippen molar-refractivity contribution >= 4 is 5.97 Å². The number of carbonyl (C=O) groups is 1. The van der Waals surface area contributed by atoms with Crippen molar-refractivity contribution in [2.45, 2.75) is 38.5 Å². The van der Waals surface area contributed by atoms with E-state index >= 15 is 0 Å². The van der Waals surface area contributed by atoms with Gasteiger partial charge in [-0.3, -0.25) is 14.6 Å². The lowest BCUT2D eigenvalue weighted by atomic mass is 10.1. The maximum absolute atomic E-state index is 12.9. The van der Waals surface area contributed by atoms with E-state index in [9.17, 15) is 9.18 Å².